The number of rotatable bonds is 20. The highest BCUT2D eigenvalue weighted by molar-refractivity contribution is 5.72. The van der Waals surface area contributed by atoms with Crippen LogP contribution in [0.25, 0.3) is 0 Å². The van der Waals surface area contributed by atoms with Crippen LogP contribution in [-0.2, 0) is 9.53 Å². The summed E-state index contributed by atoms with van der Waals surface area (Å²) in [6, 6.07) is 0. The average molecular weight is 369 g/mol. The van der Waals surface area contributed by atoms with Gasteiger partial charge in [-0.3, -0.25) is 4.79 Å². The smallest absolute Gasteiger partial charge is 0.308 e. The Morgan fingerprint density at radius 1 is 0.577 bits per heavy atom. The molecule has 0 N–H and O–H groups in total. The maximum atomic E-state index is 12.2. The van der Waals surface area contributed by atoms with Crippen LogP contribution in [0.1, 0.15) is 136 Å². The zero-order valence-corrected chi connectivity index (χ0v) is 18.3. The van der Waals surface area contributed by atoms with E-state index in [9.17, 15) is 4.79 Å². The summed E-state index contributed by atoms with van der Waals surface area (Å²) in [5, 5.41) is 0. The number of unbranched alkanes of at least 4 members (excludes halogenated alkanes) is 13. The summed E-state index contributed by atoms with van der Waals surface area (Å²) in [6.07, 6.45) is 22.9. The minimum absolute atomic E-state index is 0.0648. The fourth-order valence-electron chi connectivity index (χ4n) is 3.50. The van der Waals surface area contributed by atoms with Gasteiger partial charge in [-0.1, -0.05) is 117 Å². The number of carbonyl (C=O) groups excluding carboxylic acids is 1. The van der Waals surface area contributed by atoms with Gasteiger partial charge in [-0.2, -0.15) is 0 Å². The minimum atomic E-state index is 0.0648. The Morgan fingerprint density at radius 3 is 1.50 bits per heavy atom. The molecule has 2 nitrogen and oxygen atoms in total. The van der Waals surface area contributed by atoms with Gasteiger partial charge in [-0.05, 0) is 19.3 Å². The number of carbonyl (C=O) groups is 1. The van der Waals surface area contributed by atoms with E-state index in [0.29, 0.717) is 6.61 Å². The van der Waals surface area contributed by atoms with E-state index < -0.39 is 0 Å². The second-order valence-electron chi connectivity index (χ2n) is 8.04. The number of ether oxygens (including phenoxy) is 1. The van der Waals surface area contributed by atoms with Crippen molar-refractivity contribution in [2.24, 2.45) is 5.92 Å². The van der Waals surface area contributed by atoms with E-state index in [4.69, 9.17) is 4.74 Å². The van der Waals surface area contributed by atoms with Crippen molar-refractivity contribution in [2.75, 3.05) is 6.61 Å². The summed E-state index contributed by atoms with van der Waals surface area (Å²) >= 11 is 0. The Balaban J connectivity index is 3.61. The van der Waals surface area contributed by atoms with Gasteiger partial charge in [-0.25, -0.2) is 0 Å². The molecular weight excluding hydrogens is 320 g/mol. The summed E-state index contributed by atoms with van der Waals surface area (Å²) in [6.45, 7) is 7.22. The van der Waals surface area contributed by atoms with Crippen LogP contribution in [0.4, 0.5) is 0 Å². The van der Waals surface area contributed by atoms with Crippen molar-refractivity contribution >= 4 is 5.97 Å². The summed E-state index contributed by atoms with van der Waals surface area (Å²) in [5.74, 6) is 0.213. The van der Waals surface area contributed by atoms with E-state index in [2.05, 4.69) is 20.8 Å². The van der Waals surface area contributed by atoms with Crippen molar-refractivity contribution in [3.63, 3.8) is 0 Å². The zero-order valence-electron chi connectivity index (χ0n) is 18.3. The standard InChI is InChI=1S/C24H48O2/c1-4-7-10-11-12-13-14-15-16-17-18-19-21-23(20-8-5-2)24(25)26-22-9-6-3/h23H,4-22H2,1-3H3. The third-order valence-electron chi connectivity index (χ3n) is 5.39. The fourth-order valence-corrected chi connectivity index (χ4v) is 3.50. The molecule has 1 unspecified atom stereocenters. The normalized spacial score (nSPS) is 12.3. The SMILES string of the molecule is CCCCCCCCCCCCCCC(CCCC)C(=O)OCCCC. The van der Waals surface area contributed by atoms with Gasteiger partial charge >= 0.3 is 5.97 Å². The number of hydrogen-bond acceptors (Lipinski definition) is 2. The minimum Gasteiger partial charge on any atom is -0.465 e. The second-order valence-corrected chi connectivity index (χ2v) is 8.04. The Labute approximate surface area is 164 Å². The first-order chi connectivity index (χ1) is 12.8. The van der Waals surface area contributed by atoms with Gasteiger partial charge in [0.1, 0.15) is 0 Å². The van der Waals surface area contributed by atoms with Crippen molar-refractivity contribution in [1.29, 1.82) is 0 Å². The molecule has 0 saturated heterocycles. The topological polar surface area (TPSA) is 26.3 Å². The molecule has 1 atom stereocenters. The molecule has 0 aromatic heterocycles. The van der Waals surface area contributed by atoms with E-state index in [1.807, 2.05) is 0 Å². The Hall–Kier alpha value is -0.530. The summed E-state index contributed by atoms with van der Waals surface area (Å²) in [7, 11) is 0. The van der Waals surface area contributed by atoms with Gasteiger partial charge in [0.05, 0.1) is 12.5 Å². The van der Waals surface area contributed by atoms with E-state index in [-0.39, 0.29) is 11.9 Å². The highest BCUT2D eigenvalue weighted by Crippen LogP contribution is 2.20. The molecule has 0 aliphatic carbocycles. The second kappa shape index (κ2) is 20.8. The Kier molecular flexibility index (Phi) is 20.4. The van der Waals surface area contributed by atoms with Crippen molar-refractivity contribution in [1.82, 2.24) is 0 Å². The van der Waals surface area contributed by atoms with Crippen LogP contribution in [-0.4, -0.2) is 12.6 Å². The lowest BCUT2D eigenvalue weighted by Gasteiger charge is -2.15. The van der Waals surface area contributed by atoms with E-state index in [0.717, 1.165) is 38.5 Å². The first-order valence-corrected chi connectivity index (χ1v) is 11.9. The molecule has 0 rings (SSSR count). The van der Waals surface area contributed by atoms with Crippen molar-refractivity contribution in [2.45, 2.75) is 136 Å². The number of esters is 1. The maximum Gasteiger partial charge on any atom is 0.308 e. The quantitative estimate of drug-likeness (QED) is 0.160. The Morgan fingerprint density at radius 2 is 1.00 bits per heavy atom. The van der Waals surface area contributed by atoms with Crippen LogP contribution in [0.15, 0.2) is 0 Å². The molecule has 0 aromatic rings. The molecular formula is C24H48O2. The maximum absolute atomic E-state index is 12.2. The van der Waals surface area contributed by atoms with E-state index >= 15 is 0 Å². The first kappa shape index (κ1) is 25.5. The van der Waals surface area contributed by atoms with Gasteiger partial charge in [0.15, 0.2) is 0 Å². The summed E-state index contributed by atoms with van der Waals surface area (Å²) < 4.78 is 5.46. The molecule has 0 radical (unpaired) electrons. The zero-order chi connectivity index (χ0) is 19.3. The molecule has 0 saturated carbocycles. The Bertz CT molecular complexity index is 288. The van der Waals surface area contributed by atoms with Gasteiger partial charge in [0, 0.05) is 0 Å². The molecule has 0 spiro atoms. The third-order valence-corrected chi connectivity index (χ3v) is 5.39. The van der Waals surface area contributed by atoms with Crippen LogP contribution in [0.5, 0.6) is 0 Å². The van der Waals surface area contributed by atoms with E-state index in [1.54, 1.807) is 0 Å². The summed E-state index contributed by atoms with van der Waals surface area (Å²) in [5.41, 5.74) is 0. The molecule has 0 aromatic carbocycles. The van der Waals surface area contributed by atoms with Gasteiger partial charge in [0.25, 0.3) is 0 Å². The molecule has 0 aliphatic rings. The van der Waals surface area contributed by atoms with Crippen LogP contribution in [0, 0.1) is 5.92 Å². The lowest BCUT2D eigenvalue weighted by molar-refractivity contribution is -0.149. The van der Waals surface area contributed by atoms with Crippen LogP contribution in [0.2, 0.25) is 0 Å². The van der Waals surface area contributed by atoms with Gasteiger partial charge < -0.3 is 4.74 Å². The highest BCUT2D eigenvalue weighted by atomic mass is 16.5. The molecule has 0 heterocycles. The highest BCUT2D eigenvalue weighted by Gasteiger charge is 2.18. The predicted molar refractivity (Wildman–Crippen MR) is 115 cm³/mol. The van der Waals surface area contributed by atoms with Crippen molar-refractivity contribution in [3.05, 3.63) is 0 Å². The molecule has 0 bridgehead atoms. The molecule has 0 aliphatic heterocycles. The van der Waals surface area contributed by atoms with E-state index in [1.165, 1.54) is 77.0 Å². The van der Waals surface area contributed by atoms with Crippen LogP contribution < -0.4 is 0 Å². The first-order valence-electron chi connectivity index (χ1n) is 11.9. The molecule has 156 valence electrons. The van der Waals surface area contributed by atoms with Crippen molar-refractivity contribution in [3.8, 4) is 0 Å². The summed E-state index contributed by atoms with van der Waals surface area (Å²) in [4.78, 5) is 12.2. The molecule has 2 heteroatoms. The average Bonchev–Trinajstić information content (AvgIpc) is 2.65. The molecule has 26 heavy (non-hydrogen) atoms. The lowest BCUT2D eigenvalue weighted by Crippen LogP contribution is -2.18. The third kappa shape index (κ3) is 16.9. The number of hydrogen-bond donors (Lipinski definition) is 0. The predicted octanol–water partition coefficient (Wildman–Crippen LogP) is 8.23. The van der Waals surface area contributed by atoms with Crippen LogP contribution >= 0.6 is 0 Å². The van der Waals surface area contributed by atoms with Crippen molar-refractivity contribution < 1.29 is 9.53 Å². The van der Waals surface area contributed by atoms with Gasteiger partial charge in [-0.15, -0.1) is 0 Å². The fraction of sp³-hybridized carbons (Fsp3) is 0.958. The lowest BCUT2D eigenvalue weighted by atomic mass is 9.95. The molecule has 0 amide bonds. The van der Waals surface area contributed by atoms with Gasteiger partial charge in [0.2, 0.25) is 0 Å². The monoisotopic (exact) mass is 368 g/mol. The van der Waals surface area contributed by atoms with Crippen LogP contribution in [0.3, 0.4) is 0 Å². The largest absolute Gasteiger partial charge is 0.465 e. The molecule has 0 fully saturated rings.